The number of rotatable bonds is 3. The molecule has 1 amide bonds. The van der Waals surface area contributed by atoms with Crippen LogP contribution in [0, 0.1) is 0 Å². The number of amides is 1. The van der Waals surface area contributed by atoms with Gasteiger partial charge in [0.1, 0.15) is 0 Å². The van der Waals surface area contributed by atoms with Gasteiger partial charge in [0.25, 0.3) is 0 Å². The highest BCUT2D eigenvalue weighted by Gasteiger charge is 2.26. The van der Waals surface area contributed by atoms with E-state index in [0.29, 0.717) is 18.5 Å². The Bertz CT molecular complexity index is 409. The van der Waals surface area contributed by atoms with Crippen LogP contribution < -0.4 is 10.2 Å². The van der Waals surface area contributed by atoms with Gasteiger partial charge in [-0.3, -0.25) is 9.69 Å². The average Bonchev–Trinajstić information content (AvgIpc) is 2.36. The highest BCUT2D eigenvalue weighted by atomic mass is 16.1. The summed E-state index contributed by atoms with van der Waals surface area (Å²) < 4.78 is 0. The average molecular weight is 247 g/mol. The van der Waals surface area contributed by atoms with E-state index in [0.717, 1.165) is 18.8 Å². The summed E-state index contributed by atoms with van der Waals surface area (Å²) in [4.78, 5) is 15.3. The second-order valence-electron chi connectivity index (χ2n) is 5.08. The Hall–Kier alpha value is -1.55. The van der Waals surface area contributed by atoms with Gasteiger partial charge in [-0.15, -0.1) is 0 Å². The molecule has 1 aliphatic heterocycles. The maximum Gasteiger partial charge on any atom is 0.211 e. The van der Waals surface area contributed by atoms with Crippen LogP contribution in [-0.2, 0) is 4.79 Å². The topological polar surface area (TPSA) is 35.6 Å². The van der Waals surface area contributed by atoms with Gasteiger partial charge < -0.3 is 10.2 Å². The number of nitrogens with one attached hydrogen (secondary N) is 1. The standard InChI is InChI=1S/C14H21N3O/c1-11-8-17(9-12(2)16(11)3)14-6-4-5-13(7-14)15-10-18/h4-7,10-12H,8-9H2,1-3H3,(H,15,18)/t11-,12+. The second kappa shape index (κ2) is 5.40. The monoisotopic (exact) mass is 247 g/mol. The molecule has 18 heavy (non-hydrogen) atoms. The SMILES string of the molecule is C[C@@H]1CN(c2cccc(NC=O)c2)C[C@H](C)N1C. The molecule has 1 aromatic rings. The lowest BCUT2D eigenvalue weighted by Gasteiger charge is -2.43. The van der Waals surface area contributed by atoms with Crippen molar-refractivity contribution in [2.75, 3.05) is 30.4 Å². The fourth-order valence-corrected chi connectivity index (χ4v) is 2.48. The molecule has 1 saturated heterocycles. The van der Waals surface area contributed by atoms with Crippen LogP contribution in [0.3, 0.4) is 0 Å². The van der Waals surface area contributed by atoms with Crippen molar-refractivity contribution in [3.8, 4) is 0 Å². The first-order chi connectivity index (χ1) is 8.61. The number of piperazine rings is 1. The number of nitrogens with zero attached hydrogens (tertiary/aromatic N) is 2. The molecule has 0 aromatic heterocycles. The van der Waals surface area contributed by atoms with E-state index in [4.69, 9.17) is 0 Å². The Labute approximate surface area is 109 Å². The lowest BCUT2D eigenvalue weighted by Crippen LogP contribution is -2.55. The first-order valence-corrected chi connectivity index (χ1v) is 6.39. The molecule has 1 N–H and O–H groups in total. The normalized spacial score (nSPS) is 24.9. The summed E-state index contributed by atoms with van der Waals surface area (Å²) in [7, 11) is 2.18. The number of hydrogen-bond acceptors (Lipinski definition) is 3. The molecule has 0 unspecified atom stereocenters. The van der Waals surface area contributed by atoms with E-state index in [1.165, 1.54) is 5.69 Å². The summed E-state index contributed by atoms with van der Waals surface area (Å²) in [6.45, 7) is 6.53. The molecule has 2 rings (SSSR count). The maximum absolute atomic E-state index is 10.5. The number of carbonyl (C=O) groups excluding carboxylic acids is 1. The van der Waals surface area contributed by atoms with Gasteiger partial charge in [0.15, 0.2) is 0 Å². The van der Waals surface area contributed by atoms with Crippen LogP contribution in [0.5, 0.6) is 0 Å². The van der Waals surface area contributed by atoms with E-state index < -0.39 is 0 Å². The van der Waals surface area contributed by atoms with E-state index in [1.54, 1.807) is 0 Å². The maximum atomic E-state index is 10.5. The predicted octanol–water partition coefficient (Wildman–Crippen LogP) is 1.78. The molecule has 0 spiro atoms. The third-order valence-corrected chi connectivity index (χ3v) is 3.80. The molecule has 1 fully saturated rings. The first-order valence-electron chi connectivity index (χ1n) is 6.39. The second-order valence-corrected chi connectivity index (χ2v) is 5.08. The van der Waals surface area contributed by atoms with Crippen molar-refractivity contribution in [2.24, 2.45) is 0 Å². The van der Waals surface area contributed by atoms with E-state index in [9.17, 15) is 4.79 Å². The molecule has 0 saturated carbocycles. The quantitative estimate of drug-likeness (QED) is 0.827. The predicted molar refractivity (Wildman–Crippen MR) is 75.0 cm³/mol. The van der Waals surface area contributed by atoms with Crippen LogP contribution in [0.2, 0.25) is 0 Å². The molecule has 0 aliphatic carbocycles. The summed E-state index contributed by atoms with van der Waals surface area (Å²) in [5, 5.41) is 2.70. The van der Waals surface area contributed by atoms with Crippen molar-refractivity contribution in [3.63, 3.8) is 0 Å². The van der Waals surface area contributed by atoms with Crippen molar-refractivity contribution < 1.29 is 4.79 Å². The minimum atomic E-state index is 0.538. The zero-order valence-electron chi connectivity index (χ0n) is 11.3. The fourth-order valence-electron chi connectivity index (χ4n) is 2.48. The molecule has 2 atom stereocenters. The first kappa shape index (κ1) is 12.9. The highest BCUT2D eigenvalue weighted by Crippen LogP contribution is 2.23. The molecule has 1 heterocycles. The van der Waals surface area contributed by atoms with E-state index in [-0.39, 0.29) is 0 Å². The smallest absolute Gasteiger partial charge is 0.211 e. The van der Waals surface area contributed by atoms with Crippen molar-refractivity contribution in [2.45, 2.75) is 25.9 Å². The highest BCUT2D eigenvalue weighted by molar-refractivity contribution is 5.73. The van der Waals surface area contributed by atoms with E-state index in [2.05, 4.69) is 42.1 Å². The molecule has 98 valence electrons. The van der Waals surface area contributed by atoms with E-state index in [1.807, 2.05) is 18.2 Å². The van der Waals surface area contributed by atoms with Gasteiger partial charge in [-0.2, -0.15) is 0 Å². The lowest BCUT2D eigenvalue weighted by molar-refractivity contribution is -0.105. The molecular weight excluding hydrogens is 226 g/mol. The van der Waals surface area contributed by atoms with Gasteiger partial charge in [-0.25, -0.2) is 0 Å². The van der Waals surface area contributed by atoms with Gasteiger partial charge >= 0.3 is 0 Å². The molecule has 1 aromatic carbocycles. The summed E-state index contributed by atoms with van der Waals surface area (Å²) in [6, 6.07) is 9.09. The molecule has 4 heteroatoms. The minimum Gasteiger partial charge on any atom is -0.368 e. The number of hydrogen-bond donors (Lipinski definition) is 1. The summed E-state index contributed by atoms with van der Waals surface area (Å²) in [6.07, 6.45) is 0.717. The van der Waals surface area contributed by atoms with Gasteiger partial charge in [0.05, 0.1) is 0 Å². The van der Waals surface area contributed by atoms with Crippen molar-refractivity contribution in [1.82, 2.24) is 4.90 Å². The molecular formula is C14H21N3O. The Balaban J connectivity index is 2.16. The molecule has 4 nitrogen and oxygen atoms in total. The Morgan fingerprint density at radius 1 is 1.28 bits per heavy atom. The number of carbonyl (C=O) groups is 1. The summed E-state index contributed by atoms with van der Waals surface area (Å²) >= 11 is 0. The van der Waals surface area contributed by atoms with Crippen molar-refractivity contribution in [3.05, 3.63) is 24.3 Å². The third-order valence-electron chi connectivity index (χ3n) is 3.80. The van der Waals surface area contributed by atoms with Crippen molar-refractivity contribution >= 4 is 17.8 Å². The number of anilines is 2. The van der Waals surface area contributed by atoms with Crippen LogP contribution in [0.4, 0.5) is 11.4 Å². The fraction of sp³-hybridized carbons (Fsp3) is 0.500. The van der Waals surface area contributed by atoms with Crippen LogP contribution >= 0.6 is 0 Å². The minimum absolute atomic E-state index is 0.538. The van der Waals surface area contributed by atoms with E-state index >= 15 is 0 Å². The van der Waals surface area contributed by atoms with Gasteiger partial charge in [0, 0.05) is 36.5 Å². The Kier molecular flexibility index (Phi) is 3.87. The van der Waals surface area contributed by atoms with Gasteiger partial charge in [0.2, 0.25) is 6.41 Å². The zero-order chi connectivity index (χ0) is 13.1. The lowest BCUT2D eigenvalue weighted by atomic mass is 10.1. The van der Waals surface area contributed by atoms with Crippen molar-refractivity contribution in [1.29, 1.82) is 0 Å². The largest absolute Gasteiger partial charge is 0.368 e. The van der Waals surface area contributed by atoms with Gasteiger partial charge in [-0.1, -0.05) is 6.07 Å². The number of likely N-dealkylation sites (N-methyl/N-ethyl adjacent to an activating group) is 1. The van der Waals surface area contributed by atoms with Crippen LogP contribution in [0.15, 0.2) is 24.3 Å². The zero-order valence-corrected chi connectivity index (χ0v) is 11.3. The molecule has 0 bridgehead atoms. The molecule has 1 aliphatic rings. The Morgan fingerprint density at radius 3 is 2.56 bits per heavy atom. The third kappa shape index (κ3) is 2.64. The van der Waals surface area contributed by atoms with Crippen LogP contribution in [0.25, 0.3) is 0 Å². The molecule has 0 radical (unpaired) electrons. The number of benzene rings is 1. The summed E-state index contributed by atoms with van der Waals surface area (Å²) in [5.74, 6) is 0. The van der Waals surface area contributed by atoms with Crippen LogP contribution in [0.1, 0.15) is 13.8 Å². The van der Waals surface area contributed by atoms with Gasteiger partial charge in [-0.05, 0) is 39.1 Å². The summed E-state index contributed by atoms with van der Waals surface area (Å²) in [5.41, 5.74) is 2.02. The van der Waals surface area contributed by atoms with Crippen LogP contribution in [-0.4, -0.2) is 43.5 Å². The Morgan fingerprint density at radius 2 is 1.94 bits per heavy atom.